The first kappa shape index (κ1) is 14.1. The van der Waals surface area contributed by atoms with Gasteiger partial charge < -0.3 is 4.90 Å². The first-order chi connectivity index (χ1) is 9.75. The van der Waals surface area contributed by atoms with Crippen molar-refractivity contribution in [2.75, 3.05) is 6.54 Å². The van der Waals surface area contributed by atoms with Gasteiger partial charge in [0.25, 0.3) is 5.91 Å². The zero-order valence-electron chi connectivity index (χ0n) is 11.1. The first-order valence-corrected chi connectivity index (χ1v) is 8.79. The number of rotatable bonds is 5. The number of carbonyl (C=O) groups is 1. The third-order valence-electron chi connectivity index (χ3n) is 3.53. The van der Waals surface area contributed by atoms with E-state index in [0.29, 0.717) is 6.04 Å². The van der Waals surface area contributed by atoms with Crippen LogP contribution in [0.4, 0.5) is 0 Å². The van der Waals surface area contributed by atoms with Gasteiger partial charge in [0.15, 0.2) is 0 Å². The molecule has 0 saturated heterocycles. The van der Waals surface area contributed by atoms with Crippen LogP contribution >= 0.6 is 33.9 Å². The third kappa shape index (κ3) is 3.23. The molecule has 1 amide bonds. The topological polar surface area (TPSA) is 20.3 Å². The lowest BCUT2D eigenvalue weighted by molar-refractivity contribution is 0.0744. The number of hydrogen-bond acceptors (Lipinski definition) is 2. The van der Waals surface area contributed by atoms with Crippen LogP contribution < -0.4 is 0 Å². The smallest absolute Gasteiger partial charge is 0.255 e. The Bertz CT molecular complexity index is 592. The Morgan fingerprint density at radius 2 is 2.05 bits per heavy atom. The molecule has 1 aromatic carbocycles. The van der Waals surface area contributed by atoms with Crippen molar-refractivity contribution >= 4 is 39.8 Å². The summed E-state index contributed by atoms with van der Waals surface area (Å²) in [4.78, 5) is 16.2. The highest BCUT2D eigenvalue weighted by Gasteiger charge is 2.33. The van der Waals surface area contributed by atoms with Crippen LogP contribution in [-0.2, 0) is 6.42 Å². The second-order valence-electron chi connectivity index (χ2n) is 5.04. The molecule has 104 valence electrons. The molecule has 1 aliphatic rings. The average molecular weight is 397 g/mol. The van der Waals surface area contributed by atoms with Gasteiger partial charge in [0.2, 0.25) is 0 Å². The second-order valence-corrected chi connectivity index (χ2v) is 7.23. The highest BCUT2D eigenvalue weighted by molar-refractivity contribution is 14.1. The summed E-state index contributed by atoms with van der Waals surface area (Å²) in [5.74, 6) is 0.189. The number of amides is 1. The molecule has 2 aromatic rings. The lowest BCUT2D eigenvalue weighted by atomic mass is 10.2. The molecule has 1 fully saturated rings. The van der Waals surface area contributed by atoms with E-state index >= 15 is 0 Å². The minimum atomic E-state index is 0.189. The molecular weight excluding hydrogens is 381 g/mol. The SMILES string of the molecule is O=C(c1ccccc1I)N(CCc1cccs1)C1CC1. The predicted molar refractivity (Wildman–Crippen MR) is 91.2 cm³/mol. The fourth-order valence-corrected chi connectivity index (χ4v) is 3.63. The predicted octanol–water partition coefficient (Wildman–Crippen LogP) is 4.20. The van der Waals surface area contributed by atoms with Crippen molar-refractivity contribution in [1.29, 1.82) is 0 Å². The van der Waals surface area contributed by atoms with E-state index in [9.17, 15) is 4.79 Å². The Hall–Kier alpha value is -0.880. The van der Waals surface area contributed by atoms with Crippen molar-refractivity contribution in [1.82, 2.24) is 4.90 Å². The molecule has 0 bridgehead atoms. The van der Waals surface area contributed by atoms with Gasteiger partial charge in [-0.1, -0.05) is 18.2 Å². The standard InChI is InChI=1S/C16H16INOS/c17-15-6-2-1-5-14(15)16(19)18(12-7-8-12)10-9-13-4-3-11-20-13/h1-6,11-12H,7-10H2. The lowest BCUT2D eigenvalue weighted by Crippen LogP contribution is -2.35. The van der Waals surface area contributed by atoms with E-state index < -0.39 is 0 Å². The molecule has 1 aliphatic carbocycles. The van der Waals surface area contributed by atoms with Gasteiger partial charge in [0, 0.05) is 21.0 Å². The van der Waals surface area contributed by atoms with Gasteiger partial charge >= 0.3 is 0 Å². The Labute approximate surface area is 136 Å². The minimum Gasteiger partial charge on any atom is -0.335 e. The largest absolute Gasteiger partial charge is 0.335 e. The Kier molecular flexibility index (Phi) is 4.41. The molecule has 4 heteroatoms. The van der Waals surface area contributed by atoms with Gasteiger partial charge in [-0.15, -0.1) is 11.3 Å². The lowest BCUT2D eigenvalue weighted by Gasteiger charge is -2.22. The first-order valence-electron chi connectivity index (χ1n) is 6.83. The molecule has 20 heavy (non-hydrogen) atoms. The Morgan fingerprint density at radius 3 is 2.70 bits per heavy atom. The summed E-state index contributed by atoms with van der Waals surface area (Å²) in [6.45, 7) is 0.828. The summed E-state index contributed by atoms with van der Waals surface area (Å²) in [7, 11) is 0. The van der Waals surface area contributed by atoms with E-state index in [0.717, 1.165) is 34.9 Å². The summed E-state index contributed by atoms with van der Waals surface area (Å²) in [5, 5.41) is 2.10. The average Bonchev–Trinajstić information content (AvgIpc) is 3.15. The van der Waals surface area contributed by atoms with Crippen LogP contribution in [0.15, 0.2) is 41.8 Å². The van der Waals surface area contributed by atoms with Crippen molar-refractivity contribution in [2.45, 2.75) is 25.3 Å². The fraction of sp³-hybridized carbons (Fsp3) is 0.312. The summed E-state index contributed by atoms with van der Waals surface area (Å²) >= 11 is 4.01. The van der Waals surface area contributed by atoms with Crippen LogP contribution in [0.1, 0.15) is 28.1 Å². The second kappa shape index (κ2) is 6.26. The van der Waals surface area contributed by atoms with Gasteiger partial charge in [0.05, 0.1) is 5.56 Å². The molecule has 0 spiro atoms. The molecule has 0 radical (unpaired) electrons. The molecule has 1 saturated carbocycles. The highest BCUT2D eigenvalue weighted by Crippen LogP contribution is 2.29. The normalized spacial score (nSPS) is 14.2. The maximum absolute atomic E-state index is 12.7. The summed E-state index contributed by atoms with van der Waals surface area (Å²) < 4.78 is 1.04. The molecule has 0 aliphatic heterocycles. The van der Waals surface area contributed by atoms with Crippen LogP contribution in [-0.4, -0.2) is 23.4 Å². The molecule has 1 heterocycles. The Balaban J connectivity index is 1.73. The van der Waals surface area contributed by atoms with Crippen LogP contribution in [0.25, 0.3) is 0 Å². The van der Waals surface area contributed by atoms with Gasteiger partial charge in [-0.3, -0.25) is 4.79 Å². The van der Waals surface area contributed by atoms with Crippen molar-refractivity contribution in [3.05, 3.63) is 55.8 Å². The molecule has 3 rings (SSSR count). The number of carbonyl (C=O) groups excluding carboxylic acids is 1. The summed E-state index contributed by atoms with van der Waals surface area (Å²) in [6, 6.07) is 12.5. The van der Waals surface area contributed by atoms with Crippen molar-refractivity contribution in [2.24, 2.45) is 0 Å². The maximum atomic E-state index is 12.7. The summed E-state index contributed by atoms with van der Waals surface area (Å²) in [6.07, 6.45) is 3.27. The number of benzene rings is 1. The minimum absolute atomic E-state index is 0.189. The molecule has 2 nitrogen and oxygen atoms in total. The van der Waals surface area contributed by atoms with E-state index in [1.165, 1.54) is 4.88 Å². The number of halogens is 1. The van der Waals surface area contributed by atoms with Crippen molar-refractivity contribution < 1.29 is 4.79 Å². The summed E-state index contributed by atoms with van der Waals surface area (Å²) in [5.41, 5.74) is 0.839. The van der Waals surface area contributed by atoms with E-state index in [1.54, 1.807) is 11.3 Å². The van der Waals surface area contributed by atoms with Gasteiger partial charge in [-0.05, 0) is 65.4 Å². The van der Waals surface area contributed by atoms with Crippen molar-refractivity contribution in [3.8, 4) is 0 Å². The maximum Gasteiger partial charge on any atom is 0.255 e. The molecule has 0 atom stereocenters. The Morgan fingerprint density at radius 1 is 1.25 bits per heavy atom. The van der Waals surface area contributed by atoms with Crippen LogP contribution in [0.3, 0.4) is 0 Å². The molecule has 0 unspecified atom stereocenters. The van der Waals surface area contributed by atoms with Gasteiger partial charge in [0.1, 0.15) is 0 Å². The zero-order chi connectivity index (χ0) is 13.9. The monoisotopic (exact) mass is 397 g/mol. The molecule has 0 N–H and O–H groups in total. The zero-order valence-corrected chi connectivity index (χ0v) is 14.1. The van der Waals surface area contributed by atoms with E-state index in [4.69, 9.17) is 0 Å². The van der Waals surface area contributed by atoms with E-state index in [-0.39, 0.29) is 5.91 Å². The van der Waals surface area contributed by atoms with E-state index in [1.807, 2.05) is 24.3 Å². The van der Waals surface area contributed by atoms with Crippen molar-refractivity contribution in [3.63, 3.8) is 0 Å². The fourth-order valence-electron chi connectivity index (χ4n) is 2.31. The number of hydrogen-bond donors (Lipinski definition) is 0. The quantitative estimate of drug-likeness (QED) is 0.693. The van der Waals surface area contributed by atoms with Gasteiger partial charge in [-0.25, -0.2) is 0 Å². The van der Waals surface area contributed by atoms with Crippen LogP contribution in [0.2, 0.25) is 0 Å². The molecular formula is C16H16INOS. The van der Waals surface area contributed by atoms with E-state index in [2.05, 4.69) is 45.0 Å². The van der Waals surface area contributed by atoms with Crippen LogP contribution in [0, 0.1) is 3.57 Å². The number of nitrogens with zero attached hydrogens (tertiary/aromatic N) is 1. The number of thiophene rings is 1. The highest BCUT2D eigenvalue weighted by atomic mass is 127. The third-order valence-corrected chi connectivity index (χ3v) is 5.41. The molecule has 1 aromatic heterocycles. The van der Waals surface area contributed by atoms with Gasteiger partial charge in [-0.2, -0.15) is 0 Å². The van der Waals surface area contributed by atoms with Crippen LogP contribution in [0.5, 0.6) is 0 Å².